The first-order chi connectivity index (χ1) is 9.27. The smallest absolute Gasteiger partial charge is 0.0152 e. The Morgan fingerprint density at radius 2 is 1.37 bits per heavy atom. The lowest BCUT2D eigenvalue weighted by Crippen LogP contribution is -1.97. The van der Waals surface area contributed by atoms with Gasteiger partial charge in [-0.15, -0.1) is 0 Å². The number of rotatable bonds is 5. The quantitative estimate of drug-likeness (QED) is 0.678. The van der Waals surface area contributed by atoms with Crippen LogP contribution in [0.4, 0.5) is 0 Å². The maximum atomic E-state index is 4.35. The molecule has 0 nitrogen and oxygen atoms in total. The summed E-state index contributed by atoms with van der Waals surface area (Å²) in [5.41, 5.74) is 6.51. The Labute approximate surface area is 116 Å². The number of hydrogen-bond acceptors (Lipinski definition) is 0. The normalized spacial score (nSPS) is 10.4. The van der Waals surface area contributed by atoms with E-state index in [1.807, 2.05) is 0 Å². The molecule has 0 aliphatic rings. The Morgan fingerprint density at radius 3 is 1.95 bits per heavy atom. The summed E-state index contributed by atoms with van der Waals surface area (Å²) in [5.74, 6) is 0. The minimum absolute atomic E-state index is 1.05. The highest BCUT2D eigenvalue weighted by Crippen LogP contribution is 2.28. The molecule has 0 saturated heterocycles. The highest BCUT2D eigenvalue weighted by molar-refractivity contribution is 5.81. The third-order valence-electron chi connectivity index (χ3n) is 3.59. The van der Waals surface area contributed by atoms with Gasteiger partial charge in [-0.3, -0.25) is 0 Å². The summed E-state index contributed by atoms with van der Waals surface area (Å²) in [6.45, 7) is 8.77. The second kappa shape index (κ2) is 6.38. The minimum Gasteiger partial charge on any atom is -0.0905 e. The number of benzene rings is 2. The molecule has 0 aliphatic carbocycles. The van der Waals surface area contributed by atoms with Crippen LogP contribution in [0.5, 0.6) is 0 Å². The molecule has 2 rings (SSSR count). The molecule has 0 unspecified atom stereocenters. The largest absolute Gasteiger partial charge is 0.0905 e. The molecule has 0 radical (unpaired) electrons. The van der Waals surface area contributed by atoms with Crippen molar-refractivity contribution in [3.05, 3.63) is 77.4 Å². The Bertz CT molecular complexity index is 564. The number of hydrogen-bond donors (Lipinski definition) is 0. The van der Waals surface area contributed by atoms with Gasteiger partial charge in [0.05, 0.1) is 0 Å². The molecule has 0 aromatic heterocycles. The van der Waals surface area contributed by atoms with Crippen molar-refractivity contribution in [3.8, 4) is 0 Å². The van der Waals surface area contributed by atoms with Crippen molar-refractivity contribution >= 4 is 5.57 Å². The Kier molecular flexibility index (Phi) is 4.57. The second-order valence-corrected chi connectivity index (χ2v) is 4.90. The molecule has 2 aromatic carbocycles. The fourth-order valence-electron chi connectivity index (χ4n) is 2.57. The van der Waals surface area contributed by atoms with Crippen molar-refractivity contribution < 1.29 is 0 Å². The van der Waals surface area contributed by atoms with E-state index in [2.05, 4.69) is 69.0 Å². The Morgan fingerprint density at radius 1 is 0.842 bits per heavy atom. The molecule has 0 atom stereocenters. The molecular weight excluding hydrogens is 228 g/mol. The summed E-state index contributed by atoms with van der Waals surface area (Å²) in [7, 11) is 0. The van der Waals surface area contributed by atoms with Crippen LogP contribution < -0.4 is 0 Å². The summed E-state index contributed by atoms with van der Waals surface area (Å²) < 4.78 is 0. The number of aryl methyl sites for hydroxylation is 2. The predicted molar refractivity (Wildman–Crippen MR) is 84.4 cm³/mol. The molecule has 0 N–H and O–H groups in total. The molecule has 2 aromatic rings. The predicted octanol–water partition coefficient (Wildman–Crippen LogP) is 5.26. The van der Waals surface area contributed by atoms with Crippen LogP contribution in [-0.4, -0.2) is 0 Å². The first kappa shape index (κ1) is 13.6. The summed E-state index contributed by atoms with van der Waals surface area (Å²) in [5, 5.41) is 0. The lowest BCUT2D eigenvalue weighted by atomic mass is 9.90. The Balaban J connectivity index is 2.44. The van der Waals surface area contributed by atoms with Crippen molar-refractivity contribution in [3.63, 3.8) is 0 Å². The van der Waals surface area contributed by atoms with E-state index in [0.717, 1.165) is 18.4 Å². The van der Waals surface area contributed by atoms with E-state index < -0.39 is 0 Å². The summed E-state index contributed by atoms with van der Waals surface area (Å²) >= 11 is 0. The van der Waals surface area contributed by atoms with E-state index in [0.29, 0.717) is 0 Å². The molecule has 0 saturated carbocycles. The third-order valence-corrected chi connectivity index (χ3v) is 3.59. The van der Waals surface area contributed by atoms with E-state index in [1.165, 1.54) is 28.7 Å². The van der Waals surface area contributed by atoms with Gasteiger partial charge in [0.15, 0.2) is 0 Å². The zero-order chi connectivity index (χ0) is 13.7. The van der Waals surface area contributed by atoms with Gasteiger partial charge in [0.2, 0.25) is 0 Å². The van der Waals surface area contributed by atoms with Crippen molar-refractivity contribution in [1.29, 1.82) is 0 Å². The second-order valence-electron chi connectivity index (χ2n) is 4.90. The molecule has 0 fully saturated rings. The van der Waals surface area contributed by atoms with Crippen LogP contribution in [0.2, 0.25) is 0 Å². The van der Waals surface area contributed by atoms with Crippen molar-refractivity contribution in [1.82, 2.24) is 0 Å². The van der Waals surface area contributed by atoms with Gasteiger partial charge in [0, 0.05) is 0 Å². The Hall–Kier alpha value is -1.82. The van der Waals surface area contributed by atoms with E-state index >= 15 is 0 Å². The van der Waals surface area contributed by atoms with Crippen LogP contribution in [0.15, 0.2) is 55.1 Å². The van der Waals surface area contributed by atoms with Gasteiger partial charge in [-0.05, 0) is 40.7 Å². The standard InChI is InChI=1S/C19H22/c1-4-10-17-12-7-9-14-19(17)15(3)18-13-8-6-11-16(18)5-2/h6-9,11-14H,3-5,10H2,1-2H3. The molecule has 0 aliphatic heterocycles. The zero-order valence-electron chi connectivity index (χ0n) is 11.9. The van der Waals surface area contributed by atoms with Crippen LogP contribution in [0.3, 0.4) is 0 Å². The molecule has 0 heterocycles. The van der Waals surface area contributed by atoms with Gasteiger partial charge < -0.3 is 0 Å². The first-order valence-corrected chi connectivity index (χ1v) is 7.13. The fraction of sp³-hybridized carbons (Fsp3) is 0.263. The monoisotopic (exact) mass is 250 g/mol. The van der Waals surface area contributed by atoms with E-state index in [-0.39, 0.29) is 0 Å². The average molecular weight is 250 g/mol. The average Bonchev–Trinajstić information content (AvgIpc) is 2.47. The molecule has 98 valence electrons. The topological polar surface area (TPSA) is 0 Å². The lowest BCUT2D eigenvalue weighted by molar-refractivity contribution is 0.918. The SMILES string of the molecule is C=C(c1ccccc1CC)c1ccccc1CCC. The van der Waals surface area contributed by atoms with Crippen LogP contribution in [0.25, 0.3) is 5.57 Å². The first-order valence-electron chi connectivity index (χ1n) is 7.13. The van der Waals surface area contributed by atoms with Crippen molar-refractivity contribution in [2.24, 2.45) is 0 Å². The lowest BCUT2D eigenvalue weighted by Gasteiger charge is -2.14. The van der Waals surface area contributed by atoms with E-state index in [4.69, 9.17) is 0 Å². The highest BCUT2D eigenvalue weighted by Gasteiger charge is 2.09. The van der Waals surface area contributed by atoms with E-state index in [9.17, 15) is 0 Å². The molecule has 0 spiro atoms. The molecular formula is C19H22. The van der Waals surface area contributed by atoms with Crippen molar-refractivity contribution in [2.45, 2.75) is 33.1 Å². The third kappa shape index (κ3) is 2.96. The maximum Gasteiger partial charge on any atom is -0.0152 e. The summed E-state index contributed by atoms with van der Waals surface area (Å²) in [4.78, 5) is 0. The van der Waals surface area contributed by atoms with Crippen LogP contribution in [0.1, 0.15) is 42.5 Å². The van der Waals surface area contributed by atoms with Crippen LogP contribution >= 0.6 is 0 Å². The maximum absolute atomic E-state index is 4.35. The summed E-state index contributed by atoms with van der Waals surface area (Å²) in [6.07, 6.45) is 3.33. The van der Waals surface area contributed by atoms with Crippen molar-refractivity contribution in [2.75, 3.05) is 0 Å². The van der Waals surface area contributed by atoms with Crippen LogP contribution in [-0.2, 0) is 12.8 Å². The van der Waals surface area contributed by atoms with E-state index in [1.54, 1.807) is 0 Å². The molecule has 0 heteroatoms. The molecule has 0 bridgehead atoms. The van der Waals surface area contributed by atoms with Crippen LogP contribution in [0, 0.1) is 0 Å². The minimum atomic E-state index is 1.05. The van der Waals surface area contributed by atoms with Gasteiger partial charge in [-0.1, -0.05) is 75.4 Å². The zero-order valence-corrected chi connectivity index (χ0v) is 11.9. The molecule has 19 heavy (non-hydrogen) atoms. The summed E-state index contributed by atoms with van der Waals surface area (Å²) in [6, 6.07) is 17.2. The van der Waals surface area contributed by atoms with Gasteiger partial charge in [0.1, 0.15) is 0 Å². The fourth-order valence-corrected chi connectivity index (χ4v) is 2.57. The van der Waals surface area contributed by atoms with Gasteiger partial charge in [0.25, 0.3) is 0 Å². The van der Waals surface area contributed by atoms with Gasteiger partial charge in [-0.25, -0.2) is 0 Å². The molecule has 0 amide bonds. The highest BCUT2D eigenvalue weighted by atomic mass is 14.1. The van der Waals surface area contributed by atoms with Gasteiger partial charge in [-0.2, -0.15) is 0 Å². The van der Waals surface area contributed by atoms with Gasteiger partial charge >= 0.3 is 0 Å².